The van der Waals surface area contributed by atoms with Crippen LogP contribution in [0.2, 0.25) is 0 Å². The van der Waals surface area contributed by atoms with E-state index in [-0.39, 0.29) is 34.7 Å². The molecular formula is C2H2N3NaS2. The largest absolute Gasteiger partial charge is 1.00 e. The summed E-state index contributed by atoms with van der Waals surface area (Å²) in [5.41, 5.74) is 0. The number of nitrogens with zero attached hydrogens (tertiary/aromatic N) is 1. The van der Waals surface area contributed by atoms with Crippen LogP contribution in [0.4, 0.5) is 0 Å². The second kappa shape index (κ2) is 7.53. The van der Waals surface area contributed by atoms with E-state index >= 15 is 0 Å². The van der Waals surface area contributed by atoms with Crippen molar-refractivity contribution in [2.45, 2.75) is 0 Å². The van der Waals surface area contributed by atoms with Gasteiger partial charge in [0.1, 0.15) is 0 Å². The van der Waals surface area contributed by atoms with Crippen molar-refractivity contribution in [3.63, 3.8) is 0 Å². The quantitative estimate of drug-likeness (QED) is 0.107. The average molecular weight is 155 g/mol. The van der Waals surface area contributed by atoms with Gasteiger partial charge < -0.3 is 22.8 Å². The second-order valence-electron chi connectivity index (χ2n) is 0.625. The van der Waals surface area contributed by atoms with Crippen LogP contribution in [0.5, 0.6) is 0 Å². The number of rotatable bonds is 1. The van der Waals surface area contributed by atoms with E-state index in [1.807, 2.05) is 0 Å². The summed E-state index contributed by atoms with van der Waals surface area (Å²) in [4.78, 5) is 0. The van der Waals surface area contributed by atoms with Crippen molar-refractivity contribution in [2.75, 3.05) is 0 Å². The maximum Gasteiger partial charge on any atom is 1.00 e. The molecule has 6 heteroatoms. The molecule has 0 heterocycles. The molecule has 0 aliphatic carbocycles. The minimum Gasteiger partial charge on any atom is -0.743 e. The van der Waals surface area contributed by atoms with Crippen molar-refractivity contribution in [1.82, 2.24) is 4.72 Å². The first-order valence-electron chi connectivity index (χ1n) is 1.34. The minimum absolute atomic E-state index is 0. The third-order valence-corrected chi connectivity index (χ3v) is 0.818. The average Bonchev–Trinajstić information content (AvgIpc) is 1.61. The molecular weight excluding hydrogens is 153 g/mol. The zero-order valence-electron chi connectivity index (χ0n) is 4.26. The fourth-order valence-corrected chi connectivity index (χ4v) is 0.333. The predicted octanol–water partition coefficient (Wildman–Crippen LogP) is -2.81. The van der Waals surface area contributed by atoms with Gasteiger partial charge in [0.2, 0.25) is 0 Å². The van der Waals surface area contributed by atoms with E-state index in [0.717, 1.165) is 11.9 Å². The number of amidine groups is 1. The third kappa shape index (κ3) is 9.73. The van der Waals surface area contributed by atoms with Gasteiger partial charge in [-0.15, -0.1) is 0 Å². The summed E-state index contributed by atoms with van der Waals surface area (Å²) in [5.74, 6) is 0. The van der Waals surface area contributed by atoms with Gasteiger partial charge in [0.25, 0.3) is 0 Å². The number of thiocyanates is 1. The molecule has 0 spiro atoms. The summed E-state index contributed by atoms with van der Waals surface area (Å²) in [6.07, 6.45) is 0. The Bertz CT molecular complexity index is 108. The Kier molecular flexibility index (Phi) is 10.7. The van der Waals surface area contributed by atoms with Gasteiger partial charge in [0.05, 0.1) is 11.9 Å². The molecule has 0 aliphatic rings. The molecule has 0 radical (unpaired) electrons. The van der Waals surface area contributed by atoms with Crippen LogP contribution < -0.4 is 34.3 Å². The Morgan fingerprint density at radius 3 is 2.50 bits per heavy atom. The number of nitrogens with one attached hydrogen (secondary N) is 2. The van der Waals surface area contributed by atoms with Gasteiger partial charge >= 0.3 is 29.6 Å². The van der Waals surface area contributed by atoms with Crippen molar-refractivity contribution in [3.05, 3.63) is 0 Å². The van der Waals surface area contributed by atoms with Gasteiger partial charge in [0, 0.05) is 0 Å². The van der Waals surface area contributed by atoms with E-state index < -0.39 is 0 Å². The van der Waals surface area contributed by atoms with Gasteiger partial charge in [-0.2, -0.15) is 5.26 Å². The molecule has 0 amide bonds. The van der Waals surface area contributed by atoms with E-state index in [1.54, 1.807) is 5.40 Å². The van der Waals surface area contributed by atoms with Crippen LogP contribution >= 0.6 is 11.9 Å². The molecule has 0 aromatic rings. The van der Waals surface area contributed by atoms with Gasteiger partial charge in [0.15, 0.2) is 5.40 Å². The molecule has 0 aromatic heterocycles. The summed E-state index contributed by atoms with van der Waals surface area (Å²) in [6, 6.07) is 0. The zero-order chi connectivity index (χ0) is 5.70. The first-order chi connectivity index (χ1) is 3.27. The molecule has 38 valence electrons. The van der Waals surface area contributed by atoms with Gasteiger partial charge in [-0.25, -0.2) is 0 Å². The van der Waals surface area contributed by atoms with Gasteiger partial charge in [-0.05, 0) is 5.17 Å². The van der Waals surface area contributed by atoms with Crippen LogP contribution in [0.3, 0.4) is 0 Å². The van der Waals surface area contributed by atoms with Crippen LogP contribution in [-0.4, -0.2) is 5.17 Å². The summed E-state index contributed by atoms with van der Waals surface area (Å²) < 4.78 is 2.25. The molecule has 0 unspecified atom stereocenters. The Hall–Kier alpha value is 0.530. The Morgan fingerprint density at radius 2 is 2.38 bits per heavy atom. The number of hydrogen-bond donors (Lipinski definition) is 2. The van der Waals surface area contributed by atoms with E-state index in [4.69, 9.17) is 10.7 Å². The molecule has 0 fully saturated rings. The maximum atomic E-state index is 7.82. The monoisotopic (exact) mass is 155 g/mol. The summed E-state index contributed by atoms with van der Waals surface area (Å²) in [7, 11) is 0. The topological polar surface area (TPSA) is 59.7 Å². The molecule has 8 heavy (non-hydrogen) atoms. The van der Waals surface area contributed by atoms with Crippen LogP contribution in [0, 0.1) is 16.1 Å². The van der Waals surface area contributed by atoms with Crippen molar-refractivity contribution in [2.24, 2.45) is 0 Å². The molecule has 3 nitrogen and oxygen atoms in total. The van der Waals surface area contributed by atoms with Crippen molar-refractivity contribution in [3.8, 4) is 5.40 Å². The molecule has 0 bridgehead atoms. The van der Waals surface area contributed by atoms with E-state index in [1.165, 1.54) is 0 Å². The Labute approximate surface area is 79.6 Å². The first-order valence-corrected chi connectivity index (χ1v) is 2.56. The molecule has 0 rings (SSSR count). The van der Waals surface area contributed by atoms with Crippen molar-refractivity contribution in [1.29, 1.82) is 10.7 Å². The normalized spacial score (nSPS) is 5.88. The molecule has 0 saturated carbocycles. The Morgan fingerprint density at radius 1 is 1.88 bits per heavy atom. The molecule has 0 aromatic carbocycles. The molecule has 2 N–H and O–H groups in total. The van der Waals surface area contributed by atoms with Crippen molar-refractivity contribution < 1.29 is 29.6 Å². The fourth-order valence-electron chi connectivity index (χ4n) is 0.0692. The molecule has 0 aliphatic heterocycles. The van der Waals surface area contributed by atoms with Crippen LogP contribution in [0.1, 0.15) is 0 Å². The maximum absolute atomic E-state index is 7.82. The summed E-state index contributed by atoms with van der Waals surface area (Å²) >= 11 is 4.99. The molecule has 0 atom stereocenters. The van der Waals surface area contributed by atoms with Gasteiger partial charge in [-0.3, -0.25) is 0 Å². The summed E-state index contributed by atoms with van der Waals surface area (Å²) in [5, 5.41) is 15.9. The smallest absolute Gasteiger partial charge is 0.743 e. The fraction of sp³-hybridized carbons (Fsp3) is 0. The van der Waals surface area contributed by atoms with Crippen molar-refractivity contribution >= 4 is 29.7 Å². The summed E-state index contributed by atoms with van der Waals surface area (Å²) in [6.45, 7) is 0. The van der Waals surface area contributed by atoms with E-state index in [9.17, 15) is 0 Å². The Balaban J connectivity index is 0. The van der Waals surface area contributed by atoms with E-state index in [0.29, 0.717) is 0 Å². The standard InChI is InChI=1S/C2H3N3S2.Na/c3-1-7-5-2(4)6;/h(H3,4,5,6);/q;+1/p-1. The second-order valence-corrected chi connectivity index (χ2v) is 1.62. The number of hydrogen-bond acceptors (Lipinski definition) is 4. The SMILES string of the molecule is N#CSNC(=N)[S-].[Na+]. The third-order valence-electron chi connectivity index (χ3n) is 0.189. The van der Waals surface area contributed by atoms with E-state index in [2.05, 4.69) is 17.4 Å². The van der Waals surface area contributed by atoms with Crippen LogP contribution in [0.15, 0.2) is 0 Å². The number of nitriles is 1. The predicted molar refractivity (Wildman–Crippen MR) is 31.4 cm³/mol. The first kappa shape index (κ1) is 11.3. The minimum atomic E-state index is -0.119. The van der Waals surface area contributed by atoms with Crippen LogP contribution in [-0.2, 0) is 12.6 Å². The molecule has 0 saturated heterocycles. The zero-order valence-corrected chi connectivity index (χ0v) is 7.90. The van der Waals surface area contributed by atoms with Crippen LogP contribution in [0.25, 0.3) is 0 Å². The van der Waals surface area contributed by atoms with Gasteiger partial charge in [-0.1, -0.05) is 0 Å².